The Balaban J connectivity index is 1.15. The maximum absolute atomic E-state index is 14.1. The van der Waals surface area contributed by atoms with Crippen LogP contribution in [0.2, 0.25) is 0 Å². The van der Waals surface area contributed by atoms with Crippen LogP contribution in [0.15, 0.2) is 37.1 Å². The van der Waals surface area contributed by atoms with Gasteiger partial charge in [-0.15, -0.1) is 0 Å². The predicted molar refractivity (Wildman–Crippen MR) is 197 cm³/mol. The number of H-pyrrole nitrogens is 1. The Hall–Kier alpha value is -3.94. The van der Waals surface area contributed by atoms with E-state index in [-0.39, 0.29) is 29.2 Å². The third kappa shape index (κ3) is 6.62. The zero-order valence-electron chi connectivity index (χ0n) is 30.3. The number of aromatic nitrogens is 4. The smallest absolute Gasteiger partial charge is 0.422 e. The van der Waals surface area contributed by atoms with Crippen molar-refractivity contribution in [2.75, 3.05) is 50.8 Å². The Morgan fingerprint density at radius 2 is 1.79 bits per heavy atom. The first-order chi connectivity index (χ1) is 25.6. The average Bonchev–Trinajstić information content (AvgIpc) is 3.86. The summed E-state index contributed by atoms with van der Waals surface area (Å²) in [4.78, 5) is 16.9. The predicted octanol–water partition coefficient (Wildman–Crippen LogP) is 7.10. The normalized spacial score (nSPS) is 24.3. The van der Waals surface area contributed by atoms with Gasteiger partial charge in [0.05, 0.1) is 11.7 Å². The van der Waals surface area contributed by atoms with Gasteiger partial charge < -0.3 is 24.4 Å². The lowest BCUT2D eigenvalue weighted by atomic mass is 9.72. The average molecular weight is 732 g/mol. The van der Waals surface area contributed by atoms with Crippen molar-refractivity contribution in [3.05, 3.63) is 48.2 Å². The maximum atomic E-state index is 14.1. The lowest BCUT2D eigenvalue weighted by Crippen LogP contribution is -2.62. The van der Waals surface area contributed by atoms with E-state index in [1.165, 1.54) is 19.3 Å². The van der Waals surface area contributed by atoms with Crippen molar-refractivity contribution in [2.24, 2.45) is 5.41 Å². The van der Waals surface area contributed by atoms with Crippen LogP contribution in [0.25, 0.3) is 32.9 Å². The first-order valence-corrected chi connectivity index (χ1v) is 19.3. The van der Waals surface area contributed by atoms with Crippen LogP contribution in [-0.4, -0.2) is 105 Å². The van der Waals surface area contributed by atoms with E-state index in [0.717, 1.165) is 105 Å². The van der Waals surface area contributed by atoms with Crippen molar-refractivity contribution < 1.29 is 27.8 Å². The number of benzene rings is 2. The zero-order chi connectivity index (χ0) is 36.5. The van der Waals surface area contributed by atoms with Crippen LogP contribution in [0.3, 0.4) is 0 Å². The molecule has 282 valence electrons. The molecule has 5 heterocycles. The quantitative estimate of drug-likeness (QED) is 0.165. The molecule has 9 rings (SSSR count). The van der Waals surface area contributed by atoms with Gasteiger partial charge in [-0.25, -0.2) is 0 Å². The number of rotatable bonds is 10. The molecule has 1 unspecified atom stereocenters. The summed E-state index contributed by atoms with van der Waals surface area (Å²) in [5.74, 6) is 0.975. The Kier molecular flexibility index (Phi) is 8.81. The van der Waals surface area contributed by atoms with E-state index in [4.69, 9.17) is 19.4 Å². The number of aryl methyl sites for hydroxylation is 1. The van der Waals surface area contributed by atoms with Gasteiger partial charge in [0.25, 0.3) is 0 Å². The van der Waals surface area contributed by atoms with Crippen molar-refractivity contribution in [3.63, 3.8) is 0 Å². The molecule has 1 atom stereocenters. The number of piperidine rings is 2. The molecule has 3 saturated heterocycles. The molecule has 3 aliphatic heterocycles. The van der Waals surface area contributed by atoms with Crippen LogP contribution in [0, 0.1) is 12.3 Å². The van der Waals surface area contributed by atoms with Gasteiger partial charge in [0, 0.05) is 61.4 Å². The number of fused-ring (bicyclic) bond motifs is 2. The van der Waals surface area contributed by atoms with Crippen molar-refractivity contribution in [1.29, 1.82) is 0 Å². The number of alkyl halides is 3. The summed E-state index contributed by atoms with van der Waals surface area (Å²) in [6.45, 7) is 9.54. The SMILES string of the molecule is C=CC(O)N1CC2(CCN(c3nc(O[C@H]4C[C@@H](N5CCCCC5)C4)nc4c(OCC(F)(F)F)c(-c5c(C)ccc6[nH]ncc56)c(C5CC5)cc34)CC2)C1. The minimum atomic E-state index is -4.56. The molecule has 2 aromatic heterocycles. The molecular weight excluding hydrogens is 683 g/mol. The van der Waals surface area contributed by atoms with Crippen LogP contribution in [-0.2, 0) is 0 Å². The Morgan fingerprint density at radius 1 is 1.04 bits per heavy atom. The summed E-state index contributed by atoms with van der Waals surface area (Å²) >= 11 is 0. The number of hydrogen-bond acceptors (Lipinski definition) is 9. The second kappa shape index (κ2) is 13.4. The maximum Gasteiger partial charge on any atom is 0.422 e. The van der Waals surface area contributed by atoms with E-state index in [1.807, 2.05) is 24.0 Å². The largest absolute Gasteiger partial charge is 0.481 e. The molecule has 53 heavy (non-hydrogen) atoms. The fourth-order valence-electron chi connectivity index (χ4n) is 9.27. The number of nitrogens with zero attached hydrogens (tertiary/aromatic N) is 6. The number of nitrogens with one attached hydrogen (secondary N) is 1. The third-order valence-corrected chi connectivity index (χ3v) is 12.5. The van der Waals surface area contributed by atoms with Crippen LogP contribution in [0.5, 0.6) is 11.8 Å². The van der Waals surface area contributed by atoms with Gasteiger partial charge in [0.1, 0.15) is 23.7 Å². The van der Waals surface area contributed by atoms with Crippen LogP contribution in [0.1, 0.15) is 74.8 Å². The molecule has 0 bridgehead atoms. The van der Waals surface area contributed by atoms with Crippen molar-refractivity contribution in [1.82, 2.24) is 30.0 Å². The van der Waals surface area contributed by atoms with Gasteiger partial charge in [0.2, 0.25) is 0 Å². The molecule has 2 aromatic carbocycles. The number of aromatic amines is 1. The van der Waals surface area contributed by atoms with Crippen molar-refractivity contribution in [3.8, 4) is 22.9 Å². The van der Waals surface area contributed by atoms with Gasteiger partial charge in [-0.3, -0.25) is 10.00 Å². The molecule has 4 aromatic rings. The number of aliphatic hydroxyl groups is 1. The number of ether oxygens (including phenoxy) is 2. The first-order valence-electron chi connectivity index (χ1n) is 19.3. The molecule has 0 radical (unpaired) electrons. The molecule has 10 nitrogen and oxygen atoms in total. The van der Waals surface area contributed by atoms with Gasteiger partial charge >= 0.3 is 12.2 Å². The number of anilines is 1. The fourth-order valence-corrected chi connectivity index (χ4v) is 9.27. The molecule has 0 amide bonds. The highest BCUT2D eigenvalue weighted by atomic mass is 19.4. The molecule has 2 saturated carbocycles. The fraction of sp³-hybridized carbons (Fsp3) is 0.575. The lowest BCUT2D eigenvalue weighted by Gasteiger charge is -2.55. The van der Waals surface area contributed by atoms with Crippen molar-refractivity contribution in [2.45, 2.75) is 95.2 Å². The van der Waals surface area contributed by atoms with E-state index in [2.05, 4.69) is 32.6 Å². The van der Waals surface area contributed by atoms with E-state index in [9.17, 15) is 18.3 Å². The highest BCUT2D eigenvalue weighted by Crippen LogP contribution is 2.53. The summed E-state index contributed by atoms with van der Waals surface area (Å²) in [6, 6.07) is 6.68. The second-order valence-corrected chi connectivity index (χ2v) is 16.2. The highest BCUT2D eigenvalue weighted by molar-refractivity contribution is 6.06. The summed E-state index contributed by atoms with van der Waals surface area (Å²) < 4.78 is 54.7. The minimum Gasteiger partial charge on any atom is -0.481 e. The van der Waals surface area contributed by atoms with Crippen LogP contribution in [0.4, 0.5) is 19.0 Å². The van der Waals surface area contributed by atoms with E-state index >= 15 is 0 Å². The summed E-state index contributed by atoms with van der Waals surface area (Å²) in [5.41, 5.74) is 4.56. The molecule has 5 aliphatic rings. The van der Waals surface area contributed by atoms with Crippen LogP contribution >= 0.6 is 0 Å². The highest BCUT2D eigenvalue weighted by Gasteiger charge is 2.47. The van der Waals surface area contributed by atoms with Gasteiger partial charge in [-0.2, -0.15) is 28.2 Å². The topological polar surface area (TPSA) is 103 Å². The number of halogens is 3. The van der Waals surface area contributed by atoms with Crippen LogP contribution < -0.4 is 14.4 Å². The summed E-state index contributed by atoms with van der Waals surface area (Å²) in [7, 11) is 0. The second-order valence-electron chi connectivity index (χ2n) is 16.2. The first kappa shape index (κ1) is 34.8. The number of hydrogen-bond donors (Lipinski definition) is 2. The number of likely N-dealkylation sites (tertiary alicyclic amines) is 2. The molecule has 2 N–H and O–H groups in total. The van der Waals surface area contributed by atoms with Gasteiger partial charge in [-0.1, -0.05) is 19.1 Å². The molecular formula is C40H48F3N7O3. The lowest BCUT2D eigenvalue weighted by molar-refractivity contribution is -0.153. The summed E-state index contributed by atoms with van der Waals surface area (Å²) in [6.07, 6.45) is 7.19. The molecule has 1 spiro atoms. The molecule has 2 aliphatic carbocycles. The van der Waals surface area contributed by atoms with Crippen molar-refractivity contribution >= 4 is 27.6 Å². The Bertz CT molecular complexity index is 2000. The van der Waals surface area contributed by atoms with Gasteiger partial charge in [0.15, 0.2) is 12.4 Å². The van der Waals surface area contributed by atoms with E-state index in [0.29, 0.717) is 28.3 Å². The van der Waals surface area contributed by atoms with E-state index in [1.54, 1.807) is 12.3 Å². The number of aliphatic hydroxyl groups excluding tert-OH is 1. The van der Waals surface area contributed by atoms with Gasteiger partial charge in [-0.05, 0) is 105 Å². The zero-order valence-corrected chi connectivity index (χ0v) is 30.3. The standard InChI is InChI=1S/C40H48F3N7O3/c1-3-32(51)50-21-39(22-50)11-15-49(16-12-39)37-29-19-28(25-8-9-25)34(33-24(2)7-10-31-30(33)20-44-47-31)36(52-23-40(41,42)43)35(29)45-38(46-37)53-27-17-26(18-27)48-13-5-4-6-14-48/h3,7,10,19-20,25-27,32,51H,1,4-6,8-9,11-18,21-23H2,2H3,(H,44,47)/t26-,27+,32?. The third-order valence-electron chi connectivity index (χ3n) is 12.5. The minimum absolute atomic E-state index is 0.0687. The molecule has 13 heteroatoms. The Morgan fingerprint density at radius 3 is 2.49 bits per heavy atom. The monoisotopic (exact) mass is 731 g/mol. The Labute approximate surface area is 307 Å². The van der Waals surface area contributed by atoms with E-state index < -0.39 is 19.0 Å². The molecule has 5 fully saturated rings. The summed E-state index contributed by atoms with van der Waals surface area (Å²) in [5, 5.41) is 19.1.